The second-order valence-electron chi connectivity index (χ2n) is 2.76. The Bertz CT molecular complexity index is 235. The Morgan fingerprint density at radius 1 is 1.58 bits per heavy atom. The maximum Gasteiger partial charge on any atom is 0.453 e. The van der Waals surface area contributed by atoms with Crippen LogP contribution in [0.5, 0.6) is 6.01 Å². The molecule has 0 aliphatic carbocycles. The third-order valence-corrected chi connectivity index (χ3v) is 1.80. The lowest BCUT2D eigenvalue weighted by molar-refractivity contribution is -0.677. The quantitative estimate of drug-likeness (QED) is 0.540. The van der Waals surface area contributed by atoms with E-state index in [1.54, 1.807) is 4.57 Å². The number of hydrogen-bond acceptors (Lipinski definition) is 1. The molecule has 12 heavy (non-hydrogen) atoms. The SMILES string of the molecule is CCCCn1cc[n+](C)c1O.[Cl-]. The van der Waals surface area contributed by atoms with Gasteiger partial charge in [-0.1, -0.05) is 13.3 Å². The van der Waals surface area contributed by atoms with E-state index in [0.29, 0.717) is 6.01 Å². The van der Waals surface area contributed by atoms with Gasteiger partial charge in [0.2, 0.25) is 0 Å². The van der Waals surface area contributed by atoms with Crippen molar-refractivity contribution in [2.45, 2.75) is 26.3 Å². The Hall–Kier alpha value is -0.700. The van der Waals surface area contributed by atoms with E-state index in [9.17, 15) is 5.11 Å². The molecule has 0 spiro atoms. The van der Waals surface area contributed by atoms with E-state index in [0.717, 1.165) is 19.4 Å². The maximum atomic E-state index is 9.39. The molecule has 0 fully saturated rings. The highest BCUT2D eigenvalue weighted by atomic mass is 35.5. The molecule has 0 radical (unpaired) electrons. The van der Waals surface area contributed by atoms with E-state index in [1.807, 2.05) is 24.0 Å². The fraction of sp³-hybridized carbons (Fsp3) is 0.625. The Labute approximate surface area is 79.1 Å². The number of aromatic nitrogens is 2. The van der Waals surface area contributed by atoms with Crippen molar-refractivity contribution in [3.8, 4) is 6.01 Å². The topological polar surface area (TPSA) is 29.0 Å². The number of unbranched alkanes of at least 4 members (excludes halogenated alkanes) is 1. The standard InChI is InChI=1S/C8H14N2O.ClH/c1-3-4-5-10-7-6-9(2)8(10)11;/h6-7H,3-5H2,1-2H3;1H. The molecule has 1 rings (SSSR count). The number of aryl methyl sites for hydroxylation is 2. The Balaban J connectivity index is 0.00000121. The largest absolute Gasteiger partial charge is 1.00 e. The molecule has 1 aromatic rings. The van der Waals surface area contributed by atoms with Gasteiger partial charge in [0.15, 0.2) is 0 Å². The highest BCUT2D eigenvalue weighted by Gasteiger charge is 2.10. The molecule has 0 aliphatic rings. The first kappa shape index (κ1) is 11.3. The third kappa shape index (κ3) is 2.41. The van der Waals surface area contributed by atoms with Crippen LogP contribution in [0.15, 0.2) is 12.4 Å². The fourth-order valence-corrected chi connectivity index (χ4v) is 1.02. The van der Waals surface area contributed by atoms with Crippen LogP contribution in [-0.4, -0.2) is 9.67 Å². The third-order valence-electron chi connectivity index (χ3n) is 1.80. The molecule has 0 bridgehead atoms. The van der Waals surface area contributed by atoms with E-state index in [4.69, 9.17) is 0 Å². The molecule has 0 aromatic carbocycles. The van der Waals surface area contributed by atoms with Crippen LogP contribution < -0.4 is 17.0 Å². The van der Waals surface area contributed by atoms with Crippen molar-refractivity contribution >= 4 is 0 Å². The second-order valence-corrected chi connectivity index (χ2v) is 2.76. The number of nitrogens with zero attached hydrogens (tertiary/aromatic N) is 2. The van der Waals surface area contributed by atoms with Gasteiger partial charge in [0.05, 0.1) is 13.6 Å². The van der Waals surface area contributed by atoms with E-state index in [1.165, 1.54) is 0 Å². The summed E-state index contributed by atoms with van der Waals surface area (Å²) in [4.78, 5) is 0. The molecule has 0 saturated heterocycles. The summed E-state index contributed by atoms with van der Waals surface area (Å²) >= 11 is 0. The molecule has 0 unspecified atom stereocenters. The van der Waals surface area contributed by atoms with E-state index >= 15 is 0 Å². The van der Waals surface area contributed by atoms with Gasteiger partial charge in [-0.15, -0.1) is 0 Å². The summed E-state index contributed by atoms with van der Waals surface area (Å²) in [5.74, 6) is 0. The number of rotatable bonds is 3. The lowest BCUT2D eigenvalue weighted by Crippen LogP contribution is -3.00. The summed E-state index contributed by atoms with van der Waals surface area (Å²) in [6.45, 7) is 3.05. The minimum atomic E-state index is 0. The molecular formula is C8H15ClN2O. The average molecular weight is 191 g/mol. The molecule has 1 aromatic heterocycles. The molecule has 4 heteroatoms. The first-order valence-corrected chi connectivity index (χ1v) is 3.99. The van der Waals surface area contributed by atoms with Gasteiger partial charge in [0.25, 0.3) is 0 Å². The zero-order valence-electron chi connectivity index (χ0n) is 7.50. The van der Waals surface area contributed by atoms with Crippen LogP contribution in [0.1, 0.15) is 19.8 Å². The summed E-state index contributed by atoms with van der Waals surface area (Å²) < 4.78 is 3.55. The van der Waals surface area contributed by atoms with Crippen LogP contribution in [0.3, 0.4) is 0 Å². The minimum Gasteiger partial charge on any atom is -1.00 e. The average Bonchev–Trinajstić information content (AvgIpc) is 2.31. The summed E-state index contributed by atoms with van der Waals surface area (Å²) in [5.41, 5.74) is 0. The molecule has 1 heterocycles. The second kappa shape index (κ2) is 5.04. The van der Waals surface area contributed by atoms with Gasteiger partial charge in [-0.2, -0.15) is 4.57 Å². The summed E-state index contributed by atoms with van der Waals surface area (Å²) in [6, 6.07) is 0.332. The van der Waals surface area contributed by atoms with Crippen LogP contribution in [-0.2, 0) is 13.6 Å². The zero-order chi connectivity index (χ0) is 8.27. The van der Waals surface area contributed by atoms with Gasteiger partial charge >= 0.3 is 6.01 Å². The van der Waals surface area contributed by atoms with Crippen molar-refractivity contribution in [1.29, 1.82) is 0 Å². The summed E-state index contributed by atoms with van der Waals surface area (Å²) in [6.07, 6.45) is 6.01. The maximum absolute atomic E-state index is 9.39. The monoisotopic (exact) mass is 190 g/mol. The number of aromatic hydroxyl groups is 1. The smallest absolute Gasteiger partial charge is 0.453 e. The van der Waals surface area contributed by atoms with E-state index < -0.39 is 0 Å². The molecule has 0 aliphatic heterocycles. The van der Waals surface area contributed by atoms with Crippen molar-refractivity contribution in [3.63, 3.8) is 0 Å². The van der Waals surface area contributed by atoms with Gasteiger partial charge in [0, 0.05) is 0 Å². The Morgan fingerprint density at radius 3 is 2.67 bits per heavy atom. The fourth-order valence-electron chi connectivity index (χ4n) is 1.02. The predicted octanol–water partition coefficient (Wildman–Crippen LogP) is -2.18. The van der Waals surface area contributed by atoms with E-state index in [2.05, 4.69) is 6.92 Å². The van der Waals surface area contributed by atoms with Crippen LogP contribution in [0.2, 0.25) is 0 Å². The Morgan fingerprint density at radius 2 is 2.25 bits per heavy atom. The molecule has 0 saturated carbocycles. The summed E-state index contributed by atoms with van der Waals surface area (Å²) in [5, 5.41) is 9.39. The van der Waals surface area contributed by atoms with Gasteiger partial charge in [0.1, 0.15) is 12.4 Å². The van der Waals surface area contributed by atoms with Crippen LogP contribution in [0.4, 0.5) is 0 Å². The predicted molar refractivity (Wildman–Crippen MR) is 42.2 cm³/mol. The summed E-state index contributed by atoms with van der Waals surface area (Å²) in [7, 11) is 1.83. The highest BCUT2D eigenvalue weighted by molar-refractivity contribution is 4.84. The van der Waals surface area contributed by atoms with Crippen molar-refractivity contribution in [1.82, 2.24) is 4.57 Å². The van der Waals surface area contributed by atoms with Crippen LogP contribution in [0.25, 0.3) is 0 Å². The zero-order valence-corrected chi connectivity index (χ0v) is 8.25. The minimum absolute atomic E-state index is 0. The lowest BCUT2D eigenvalue weighted by Gasteiger charge is -1.93. The molecule has 1 N–H and O–H groups in total. The first-order valence-electron chi connectivity index (χ1n) is 3.99. The van der Waals surface area contributed by atoms with Gasteiger partial charge in [-0.05, 0) is 6.42 Å². The molecule has 0 atom stereocenters. The Kier molecular flexibility index (Phi) is 4.74. The van der Waals surface area contributed by atoms with Crippen molar-refractivity contribution in [2.24, 2.45) is 7.05 Å². The van der Waals surface area contributed by atoms with Crippen molar-refractivity contribution < 1.29 is 22.1 Å². The van der Waals surface area contributed by atoms with Gasteiger partial charge in [-0.3, -0.25) is 0 Å². The van der Waals surface area contributed by atoms with Crippen LogP contribution in [0, 0.1) is 0 Å². The van der Waals surface area contributed by atoms with E-state index in [-0.39, 0.29) is 12.4 Å². The lowest BCUT2D eigenvalue weighted by atomic mass is 10.3. The van der Waals surface area contributed by atoms with Crippen molar-refractivity contribution in [3.05, 3.63) is 12.4 Å². The normalized spacial score (nSPS) is 9.50. The highest BCUT2D eigenvalue weighted by Crippen LogP contribution is 2.03. The number of imidazole rings is 1. The molecule has 70 valence electrons. The van der Waals surface area contributed by atoms with Gasteiger partial charge in [-0.25, -0.2) is 4.57 Å². The first-order chi connectivity index (χ1) is 5.25. The van der Waals surface area contributed by atoms with Crippen LogP contribution >= 0.6 is 0 Å². The number of halogens is 1. The molecule has 0 amide bonds. The molecule has 3 nitrogen and oxygen atoms in total. The number of hydrogen-bond donors (Lipinski definition) is 1. The van der Waals surface area contributed by atoms with Crippen molar-refractivity contribution in [2.75, 3.05) is 0 Å². The van der Waals surface area contributed by atoms with Gasteiger partial charge < -0.3 is 17.5 Å². The molecular weight excluding hydrogens is 176 g/mol.